The number of nitrogens with zero attached hydrogens (tertiary/aromatic N) is 2. The Morgan fingerprint density at radius 1 is 1.14 bits per heavy atom. The maximum Gasteiger partial charge on any atom is 0.238 e. The Balaban J connectivity index is 1.57. The first-order chi connectivity index (χ1) is 10.5. The molecule has 0 spiro atoms. The van der Waals surface area contributed by atoms with Gasteiger partial charge in [0.05, 0.1) is 18.1 Å². The van der Waals surface area contributed by atoms with Crippen molar-refractivity contribution in [3.05, 3.63) is 23.8 Å². The van der Waals surface area contributed by atoms with Crippen LogP contribution in [-0.4, -0.2) is 59.3 Å². The van der Waals surface area contributed by atoms with E-state index in [0.29, 0.717) is 0 Å². The van der Waals surface area contributed by atoms with Gasteiger partial charge in [0, 0.05) is 38.4 Å². The first-order valence-corrected chi connectivity index (χ1v) is 9.29. The summed E-state index contributed by atoms with van der Waals surface area (Å²) in [6, 6.07) is 5.21. The number of fused-ring (bicyclic) bond motifs is 1. The minimum absolute atomic E-state index is 0.210. The number of anilines is 1. The van der Waals surface area contributed by atoms with Gasteiger partial charge in [-0.15, -0.1) is 0 Å². The minimum atomic E-state index is -3.61. The van der Waals surface area contributed by atoms with Gasteiger partial charge >= 0.3 is 0 Å². The molecule has 0 saturated carbocycles. The Bertz CT molecular complexity index is 627. The molecular formula is C15H23N3O3S. The Kier molecular flexibility index (Phi) is 4.67. The quantitative estimate of drug-likeness (QED) is 0.849. The van der Waals surface area contributed by atoms with E-state index >= 15 is 0 Å². The molecule has 1 aromatic rings. The molecule has 3 rings (SSSR count). The van der Waals surface area contributed by atoms with Crippen LogP contribution in [0.3, 0.4) is 0 Å². The topological polar surface area (TPSA) is 75.9 Å². The highest BCUT2D eigenvalue weighted by Gasteiger charge is 2.21. The predicted octanol–water partition coefficient (Wildman–Crippen LogP) is 0.419. The molecule has 2 heterocycles. The zero-order valence-corrected chi connectivity index (χ0v) is 13.5. The van der Waals surface area contributed by atoms with Crippen molar-refractivity contribution >= 4 is 15.7 Å². The molecule has 0 radical (unpaired) electrons. The largest absolute Gasteiger partial charge is 0.379 e. The number of ether oxygens (including phenoxy) is 1. The number of rotatable bonds is 5. The number of morpholine rings is 1. The molecule has 1 aromatic carbocycles. The fourth-order valence-corrected chi connectivity index (χ4v) is 3.73. The predicted molar refractivity (Wildman–Crippen MR) is 85.6 cm³/mol. The highest BCUT2D eigenvalue weighted by molar-refractivity contribution is 7.89. The van der Waals surface area contributed by atoms with Gasteiger partial charge in [0.15, 0.2) is 0 Å². The van der Waals surface area contributed by atoms with Crippen molar-refractivity contribution in [3.63, 3.8) is 0 Å². The number of sulfonamides is 1. The van der Waals surface area contributed by atoms with Gasteiger partial charge in [-0.3, -0.25) is 4.90 Å². The average molecular weight is 325 g/mol. The molecule has 0 atom stereocenters. The Morgan fingerprint density at radius 2 is 1.91 bits per heavy atom. The summed E-state index contributed by atoms with van der Waals surface area (Å²) >= 11 is 0. The van der Waals surface area contributed by atoms with Crippen molar-refractivity contribution in [2.45, 2.75) is 17.7 Å². The van der Waals surface area contributed by atoms with Crippen LogP contribution in [0.25, 0.3) is 0 Å². The fourth-order valence-electron chi connectivity index (χ4n) is 3.17. The van der Waals surface area contributed by atoms with Crippen LogP contribution in [0.2, 0.25) is 0 Å². The number of benzene rings is 1. The van der Waals surface area contributed by atoms with E-state index in [1.54, 1.807) is 12.1 Å². The number of nitrogens with two attached hydrogens (primary N) is 1. The third-order valence-electron chi connectivity index (χ3n) is 4.38. The van der Waals surface area contributed by atoms with Crippen molar-refractivity contribution in [1.82, 2.24) is 4.90 Å². The van der Waals surface area contributed by atoms with Gasteiger partial charge in [-0.2, -0.15) is 0 Å². The van der Waals surface area contributed by atoms with Crippen molar-refractivity contribution in [2.24, 2.45) is 5.14 Å². The van der Waals surface area contributed by atoms with E-state index in [9.17, 15) is 8.42 Å². The summed E-state index contributed by atoms with van der Waals surface area (Å²) in [6.07, 6.45) is 1.99. The van der Waals surface area contributed by atoms with Crippen LogP contribution >= 0.6 is 0 Å². The first-order valence-electron chi connectivity index (χ1n) is 7.75. The van der Waals surface area contributed by atoms with E-state index in [2.05, 4.69) is 9.80 Å². The molecule has 6 nitrogen and oxygen atoms in total. The lowest BCUT2D eigenvalue weighted by atomic mass is 10.2. The third-order valence-corrected chi connectivity index (χ3v) is 5.29. The van der Waals surface area contributed by atoms with Gasteiger partial charge < -0.3 is 9.64 Å². The molecule has 1 fully saturated rings. The van der Waals surface area contributed by atoms with Gasteiger partial charge in [0.25, 0.3) is 0 Å². The van der Waals surface area contributed by atoms with Gasteiger partial charge in [-0.25, -0.2) is 13.6 Å². The standard InChI is InChI=1S/C15H23N3O3S/c16-22(19,20)14-2-3-15-13(12-14)4-7-18(15)6-1-5-17-8-10-21-11-9-17/h2-3,12H,1,4-11H2,(H2,16,19,20). The van der Waals surface area contributed by atoms with E-state index in [1.165, 1.54) is 0 Å². The van der Waals surface area contributed by atoms with Crippen molar-refractivity contribution in [3.8, 4) is 0 Å². The summed E-state index contributed by atoms with van der Waals surface area (Å²) in [4.78, 5) is 4.98. The van der Waals surface area contributed by atoms with E-state index in [0.717, 1.165) is 70.0 Å². The smallest absolute Gasteiger partial charge is 0.238 e. The van der Waals surface area contributed by atoms with Crippen molar-refractivity contribution < 1.29 is 13.2 Å². The van der Waals surface area contributed by atoms with Crippen molar-refractivity contribution in [1.29, 1.82) is 0 Å². The molecule has 22 heavy (non-hydrogen) atoms. The third kappa shape index (κ3) is 3.60. The zero-order valence-electron chi connectivity index (χ0n) is 12.7. The highest BCUT2D eigenvalue weighted by atomic mass is 32.2. The van der Waals surface area contributed by atoms with Crippen LogP contribution in [-0.2, 0) is 21.2 Å². The molecule has 0 bridgehead atoms. The van der Waals surface area contributed by atoms with E-state index < -0.39 is 10.0 Å². The second-order valence-electron chi connectivity index (χ2n) is 5.88. The lowest BCUT2D eigenvalue weighted by molar-refractivity contribution is 0.0376. The molecule has 2 aliphatic rings. The maximum absolute atomic E-state index is 11.4. The molecule has 0 unspecified atom stereocenters. The summed E-state index contributed by atoms with van der Waals surface area (Å²) in [5.74, 6) is 0. The van der Waals surface area contributed by atoms with Gasteiger partial charge in [0.2, 0.25) is 10.0 Å². The summed E-state index contributed by atoms with van der Waals surface area (Å²) < 4.78 is 28.2. The van der Waals surface area contributed by atoms with Crippen LogP contribution in [0, 0.1) is 0 Å². The van der Waals surface area contributed by atoms with Crippen LogP contribution in [0.4, 0.5) is 5.69 Å². The van der Waals surface area contributed by atoms with Gasteiger partial charge in [-0.05, 0) is 36.6 Å². The molecule has 122 valence electrons. The second-order valence-corrected chi connectivity index (χ2v) is 7.44. The molecule has 0 amide bonds. The van der Waals surface area contributed by atoms with Crippen LogP contribution in [0.5, 0.6) is 0 Å². The Labute approximate surface area is 131 Å². The zero-order chi connectivity index (χ0) is 15.6. The fraction of sp³-hybridized carbons (Fsp3) is 0.600. The van der Waals surface area contributed by atoms with Gasteiger partial charge in [0.1, 0.15) is 0 Å². The molecule has 7 heteroatoms. The molecule has 1 saturated heterocycles. The monoisotopic (exact) mass is 325 g/mol. The van der Waals surface area contributed by atoms with Gasteiger partial charge in [-0.1, -0.05) is 0 Å². The molecular weight excluding hydrogens is 302 g/mol. The van der Waals surface area contributed by atoms with Crippen LogP contribution < -0.4 is 10.0 Å². The molecule has 2 N–H and O–H groups in total. The van der Waals surface area contributed by atoms with E-state index in [-0.39, 0.29) is 4.90 Å². The van der Waals surface area contributed by atoms with Crippen LogP contribution in [0.1, 0.15) is 12.0 Å². The number of hydrogen-bond donors (Lipinski definition) is 1. The second kappa shape index (κ2) is 6.54. The lowest BCUT2D eigenvalue weighted by Gasteiger charge is -2.27. The SMILES string of the molecule is NS(=O)(=O)c1ccc2c(c1)CCN2CCCN1CCOCC1. The lowest BCUT2D eigenvalue weighted by Crippen LogP contribution is -2.38. The summed E-state index contributed by atoms with van der Waals surface area (Å²) in [5, 5.41) is 5.19. The number of primary sulfonamides is 1. The Hall–Kier alpha value is -1.15. The number of hydrogen-bond acceptors (Lipinski definition) is 5. The maximum atomic E-state index is 11.4. The van der Waals surface area contributed by atoms with Crippen molar-refractivity contribution in [2.75, 3.05) is 50.8 Å². The van der Waals surface area contributed by atoms with E-state index in [1.807, 2.05) is 6.07 Å². The summed E-state index contributed by atoms with van der Waals surface area (Å²) in [5.41, 5.74) is 2.23. The molecule has 0 aromatic heterocycles. The normalized spacial score (nSPS) is 19.4. The molecule has 0 aliphatic carbocycles. The highest BCUT2D eigenvalue weighted by Crippen LogP contribution is 2.29. The first kappa shape index (κ1) is 15.7. The summed E-state index contributed by atoms with van der Waals surface area (Å²) in [6.45, 7) is 6.75. The Morgan fingerprint density at radius 3 is 2.64 bits per heavy atom. The van der Waals surface area contributed by atoms with Crippen LogP contribution in [0.15, 0.2) is 23.1 Å². The van der Waals surface area contributed by atoms with E-state index in [4.69, 9.17) is 9.88 Å². The average Bonchev–Trinajstić information content (AvgIpc) is 2.90. The summed E-state index contributed by atoms with van der Waals surface area (Å²) in [7, 11) is -3.61. The minimum Gasteiger partial charge on any atom is -0.379 e. The molecule has 2 aliphatic heterocycles.